The highest BCUT2D eigenvalue weighted by molar-refractivity contribution is 5.77. The molecule has 14 heavy (non-hydrogen) atoms. The molecule has 5 heteroatoms. The molecule has 0 bridgehead atoms. The van der Waals surface area contributed by atoms with Crippen molar-refractivity contribution in [2.45, 2.75) is 19.8 Å². The van der Waals surface area contributed by atoms with Gasteiger partial charge < -0.3 is 20.9 Å². The second-order valence-electron chi connectivity index (χ2n) is 2.88. The molecule has 84 valence electrons. The van der Waals surface area contributed by atoms with Crippen LogP contribution in [0, 0.1) is 0 Å². The number of nitrogens with two attached hydrogens (primary N) is 1. The average Bonchev–Trinajstić information content (AvgIpc) is 2.20. The summed E-state index contributed by atoms with van der Waals surface area (Å²) in [5, 5.41) is 11.4. The van der Waals surface area contributed by atoms with Gasteiger partial charge in [0, 0.05) is 13.2 Å². The molecule has 0 aliphatic heterocycles. The zero-order valence-corrected chi connectivity index (χ0v) is 8.83. The Morgan fingerprint density at radius 2 is 2.29 bits per heavy atom. The van der Waals surface area contributed by atoms with Crippen LogP contribution in [0.4, 0.5) is 0 Å². The highest BCUT2D eigenvalue weighted by Gasteiger charge is 1.90. The zero-order valence-electron chi connectivity index (χ0n) is 8.83. The van der Waals surface area contributed by atoms with Gasteiger partial charge in [0.2, 0.25) is 0 Å². The highest BCUT2D eigenvalue weighted by Crippen LogP contribution is 1.86. The Labute approximate surface area is 85.4 Å². The van der Waals surface area contributed by atoms with Crippen molar-refractivity contribution in [2.75, 3.05) is 32.9 Å². The van der Waals surface area contributed by atoms with E-state index in [1.54, 1.807) is 0 Å². The van der Waals surface area contributed by atoms with Crippen LogP contribution in [0.1, 0.15) is 19.8 Å². The summed E-state index contributed by atoms with van der Waals surface area (Å²) in [6.07, 6.45) is 2.24. The van der Waals surface area contributed by atoms with Gasteiger partial charge in [-0.3, -0.25) is 4.99 Å². The smallest absolute Gasteiger partial charge is 0.188 e. The molecular formula is C9H21N3O2. The molecule has 0 spiro atoms. The molecule has 0 radical (unpaired) electrons. The maximum Gasteiger partial charge on any atom is 0.188 e. The molecule has 0 saturated carbocycles. The molecule has 5 nitrogen and oxygen atoms in total. The highest BCUT2D eigenvalue weighted by atomic mass is 16.5. The molecule has 0 aromatic heterocycles. The second-order valence-corrected chi connectivity index (χ2v) is 2.88. The van der Waals surface area contributed by atoms with Gasteiger partial charge in [-0.2, -0.15) is 0 Å². The predicted molar refractivity (Wildman–Crippen MR) is 57.3 cm³/mol. The Morgan fingerprint density at radius 3 is 2.93 bits per heavy atom. The quantitative estimate of drug-likeness (QED) is 0.287. The molecule has 0 aromatic rings. The van der Waals surface area contributed by atoms with E-state index >= 15 is 0 Å². The zero-order chi connectivity index (χ0) is 10.6. The largest absolute Gasteiger partial charge is 0.394 e. The molecule has 0 atom stereocenters. The number of rotatable bonds is 8. The molecule has 0 fully saturated rings. The minimum absolute atomic E-state index is 0.0232. The normalized spacial score (nSPS) is 11.7. The Morgan fingerprint density at radius 1 is 1.50 bits per heavy atom. The van der Waals surface area contributed by atoms with Crippen molar-refractivity contribution in [2.24, 2.45) is 10.7 Å². The number of hydrogen-bond donors (Lipinski definition) is 3. The number of guanidine groups is 1. The fraction of sp³-hybridized carbons (Fsp3) is 0.889. The maximum absolute atomic E-state index is 8.47. The van der Waals surface area contributed by atoms with E-state index < -0.39 is 0 Å². The van der Waals surface area contributed by atoms with E-state index in [4.69, 9.17) is 15.6 Å². The van der Waals surface area contributed by atoms with Gasteiger partial charge in [-0.25, -0.2) is 0 Å². The van der Waals surface area contributed by atoms with Gasteiger partial charge in [-0.15, -0.1) is 0 Å². The van der Waals surface area contributed by atoms with Gasteiger partial charge >= 0.3 is 0 Å². The van der Waals surface area contributed by atoms with E-state index in [0.29, 0.717) is 25.7 Å². The number of nitrogens with one attached hydrogen (secondary N) is 1. The van der Waals surface area contributed by atoms with Crippen LogP contribution in [-0.2, 0) is 4.74 Å². The van der Waals surface area contributed by atoms with Crippen LogP contribution in [0.3, 0.4) is 0 Å². The van der Waals surface area contributed by atoms with Crippen molar-refractivity contribution < 1.29 is 9.84 Å². The third kappa shape index (κ3) is 9.28. The van der Waals surface area contributed by atoms with Crippen LogP contribution >= 0.6 is 0 Å². The van der Waals surface area contributed by atoms with E-state index in [1.807, 2.05) is 0 Å². The third-order valence-electron chi connectivity index (χ3n) is 1.58. The van der Waals surface area contributed by atoms with Crippen molar-refractivity contribution in [3.63, 3.8) is 0 Å². The standard InChI is InChI=1S/C9H21N3O2/c1-2-3-7-14-8-5-12-9(10)11-4-6-13/h13H,2-8H2,1H3,(H3,10,11,12). The SMILES string of the molecule is CCCCOCCNC(N)=NCCO. The Hall–Kier alpha value is -0.810. The predicted octanol–water partition coefficient (Wildman–Crippen LogP) is -0.300. The number of ether oxygens (including phenoxy) is 1. The van der Waals surface area contributed by atoms with Crippen molar-refractivity contribution in [1.82, 2.24) is 5.32 Å². The van der Waals surface area contributed by atoms with Gasteiger partial charge in [0.25, 0.3) is 0 Å². The molecule has 0 unspecified atom stereocenters. The number of aliphatic imine (C=N–C) groups is 1. The minimum atomic E-state index is 0.0232. The molecule has 0 saturated heterocycles. The molecule has 0 amide bonds. The molecule has 0 heterocycles. The lowest BCUT2D eigenvalue weighted by Gasteiger charge is -2.05. The lowest BCUT2D eigenvalue weighted by molar-refractivity contribution is 0.136. The summed E-state index contributed by atoms with van der Waals surface area (Å²) in [5.41, 5.74) is 5.47. The monoisotopic (exact) mass is 203 g/mol. The number of aliphatic hydroxyl groups excluding tert-OH is 1. The first-order chi connectivity index (χ1) is 6.81. The topological polar surface area (TPSA) is 79.9 Å². The molecule has 0 rings (SSSR count). The number of hydrogen-bond acceptors (Lipinski definition) is 3. The fourth-order valence-corrected chi connectivity index (χ4v) is 0.826. The summed E-state index contributed by atoms with van der Waals surface area (Å²) in [4.78, 5) is 3.85. The number of nitrogens with zero attached hydrogens (tertiary/aromatic N) is 1. The average molecular weight is 203 g/mol. The van der Waals surface area contributed by atoms with Crippen LogP contribution in [0.5, 0.6) is 0 Å². The van der Waals surface area contributed by atoms with Gasteiger partial charge in [0.1, 0.15) is 0 Å². The van der Waals surface area contributed by atoms with E-state index in [0.717, 1.165) is 19.4 Å². The van der Waals surface area contributed by atoms with Crippen molar-refractivity contribution in [3.05, 3.63) is 0 Å². The van der Waals surface area contributed by atoms with Gasteiger partial charge in [0.05, 0.1) is 19.8 Å². The van der Waals surface area contributed by atoms with Gasteiger partial charge in [0.15, 0.2) is 5.96 Å². The summed E-state index contributed by atoms with van der Waals surface area (Å²) < 4.78 is 5.31. The summed E-state index contributed by atoms with van der Waals surface area (Å²) in [6, 6.07) is 0. The summed E-state index contributed by atoms with van der Waals surface area (Å²) in [6.45, 7) is 4.58. The third-order valence-corrected chi connectivity index (χ3v) is 1.58. The Balaban J connectivity index is 3.18. The molecular weight excluding hydrogens is 182 g/mol. The van der Waals surface area contributed by atoms with Crippen molar-refractivity contribution in [3.8, 4) is 0 Å². The number of unbranched alkanes of at least 4 members (excludes halogenated alkanes) is 1. The first-order valence-corrected chi connectivity index (χ1v) is 5.03. The van der Waals surface area contributed by atoms with Crippen LogP contribution in [0.2, 0.25) is 0 Å². The lowest BCUT2D eigenvalue weighted by atomic mass is 10.4. The van der Waals surface area contributed by atoms with Gasteiger partial charge in [-0.1, -0.05) is 13.3 Å². The summed E-state index contributed by atoms with van der Waals surface area (Å²) in [7, 11) is 0. The first-order valence-electron chi connectivity index (χ1n) is 5.03. The van der Waals surface area contributed by atoms with Crippen molar-refractivity contribution >= 4 is 5.96 Å². The van der Waals surface area contributed by atoms with Crippen LogP contribution < -0.4 is 11.1 Å². The van der Waals surface area contributed by atoms with Crippen LogP contribution in [0.15, 0.2) is 4.99 Å². The maximum atomic E-state index is 8.47. The summed E-state index contributed by atoms with van der Waals surface area (Å²) in [5.74, 6) is 0.359. The molecule has 0 aromatic carbocycles. The van der Waals surface area contributed by atoms with Gasteiger partial charge in [-0.05, 0) is 6.42 Å². The van der Waals surface area contributed by atoms with E-state index in [-0.39, 0.29) is 6.61 Å². The van der Waals surface area contributed by atoms with Crippen LogP contribution in [-0.4, -0.2) is 44.0 Å². The Bertz CT molecular complexity index is 151. The number of aliphatic hydroxyl groups is 1. The van der Waals surface area contributed by atoms with Crippen LogP contribution in [0.25, 0.3) is 0 Å². The Kier molecular flexibility index (Phi) is 9.68. The van der Waals surface area contributed by atoms with E-state index in [9.17, 15) is 0 Å². The minimum Gasteiger partial charge on any atom is -0.394 e. The second kappa shape index (κ2) is 10.3. The lowest BCUT2D eigenvalue weighted by Crippen LogP contribution is -2.34. The fourth-order valence-electron chi connectivity index (χ4n) is 0.826. The molecule has 0 aliphatic carbocycles. The molecule has 4 N–H and O–H groups in total. The first kappa shape index (κ1) is 13.2. The van der Waals surface area contributed by atoms with E-state index in [1.165, 1.54) is 0 Å². The van der Waals surface area contributed by atoms with E-state index in [2.05, 4.69) is 17.2 Å². The van der Waals surface area contributed by atoms with Crippen molar-refractivity contribution in [1.29, 1.82) is 0 Å². The molecule has 0 aliphatic rings. The summed E-state index contributed by atoms with van der Waals surface area (Å²) >= 11 is 0.